The summed E-state index contributed by atoms with van der Waals surface area (Å²) in [6.45, 7) is 2.42. The van der Waals surface area contributed by atoms with Crippen LogP contribution in [0.15, 0.2) is 30.3 Å². The highest BCUT2D eigenvalue weighted by atomic mass is 35.5. The highest BCUT2D eigenvalue weighted by Gasteiger charge is 2.37. The molecule has 2 aromatic rings. The Hall–Kier alpha value is -3.36. The van der Waals surface area contributed by atoms with Crippen LogP contribution in [-0.4, -0.2) is 62.3 Å². The molecule has 0 unspecified atom stereocenters. The number of amides is 4. The van der Waals surface area contributed by atoms with Crippen LogP contribution in [-0.2, 0) is 25.2 Å². The number of nitrogens with zero attached hydrogens (tertiary/aromatic N) is 1. The first kappa shape index (κ1) is 29.2. The van der Waals surface area contributed by atoms with E-state index in [2.05, 4.69) is 16.0 Å². The van der Waals surface area contributed by atoms with E-state index in [4.69, 9.17) is 21.1 Å². The zero-order valence-corrected chi connectivity index (χ0v) is 21.8. The summed E-state index contributed by atoms with van der Waals surface area (Å²) in [6.07, 6.45) is -6.33. The first-order valence-corrected chi connectivity index (χ1v) is 12.5. The van der Waals surface area contributed by atoms with Gasteiger partial charge in [0, 0.05) is 18.8 Å². The molecule has 3 rings (SSSR count). The van der Waals surface area contributed by atoms with E-state index in [1.807, 2.05) is 0 Å². The summed E-state index contributed by atoms with van der Waals surface area (Å²) in [5, 5.41) is 7.09. The number of hydrogen-bond donors (Lipinski definition) is 3. The van der Waals surface area contributed by atoms with E-state index >= 15 is 0 Å². The molecule has 15 heteroatoms. The number of hydrogen-bond acceptors (Lipinski definition) is 7. The number of carbonyl (C=O) groups is 4. The Labute approximate surface area is 224 Å². The molecule has 0 spiro atoms. The molecule has 10 nitrogen and oxygen atoms in total. The summed E-state index contributed by atoms with van der Waals surface area (Å²) in [5.74, 6) is -2.12. The summed E-state index contributed by atoms with van der Waals surface area (Å²) in [5.41, 5.74) is -1.76. The smallest absolute Gasteiger partial charge is 0.418 e. The van der Waals surface area contributed by atoms with E-state index in [0.717, 1.165) is 22.3 Å². The first-order chi connectivity index (χ1) is 17.8. The van der Waals surface area contributed by atoms with Gasteiger partial charge in [-0.25, -0.2) is 4.79 Å². The third kappa shape index (κ3) is 7.82. The van der Waals surface area contributed by atoms with Crippen molar-refractivity contribution in [3.05, 3.63) is 45.1 Å². The van der Waals surface area contributed by atoms with E-state index in [9.17, 15) is 32.3 Å². The second kappa shape index (κ2) is 12.5. The number of rotatable bonds is 8. The fourth-order valence-corrected chi connectivity index (χ4v) is 4.36. The molecule has 0 radical (unpaired) electrons. The fourth-order valence-electron chi connectivity index (χ4n) is 3.40. The van der Waals surface area contributed by atoms with Crippen LogP contribution < -0.4 is 20.9 Å². The van der Waals surface area contributed by atoms with Crippen molar-refractivity contribution in [2.75, 3.05) is 36.5 Å². The second-order valence-corrected chi connectivity index (χ2v) is 10.00. The van der Waals surface area contributed by atoms with Crippen LogP contribution in [0, 0.1) is 0 Å². The number of morpholine rings is 1. The van der Waals surface area contributed by atoms with E-state index < -0.39 is 54.2 Å². The van der Waals surface area contributed by atoms with E-state index in [1.54, 1.807) is 13.8 Å². The zero-order valence-electron chi connectivity index (χ0n) is 20.2. The highest BCUT2D eigenvalue weighted by Crippen LogP contribution is 2.38. The van der Waals surface area contributed by atoms with Crippen LogP contribution >= 0.6 is 22.9 Å². The predicted octanol–water partition coefficient (Wildman–Crippen LogP) is 3.66. The molecular formula is C23H24ClF3N4O6S. The van der Waals surface area contributed by atoms with Gasteiger partial charge in [-0.05, 0) is 44.2 Å². The van der Waals surface area contributed by atoms with E-state index in [1.165, 1.54) is 18.2 Å². The third-order valence-corrected chi connectivity index (χ3v) is 6.29. The zero-order chi connectivity index (χ0) is 28.0. The van der Waals surface area contributed by atoms with Crippen LogP contribution in [0.2, 0.25) is 4.34 Å². The van der Waals surface area contributed by atoms with Gasteiger partial charge in [0.05, 0.1) is 33.2 Å². The third-order valence-electron chi connectivity index (χ3n) is 5.06. The lowest BCUT2D eigenvalue weighted by atomic mass is 10.1. The molecule has 38 heavy (non-hydrogen) atoms. The van der Waals surface area contributed by atoms with Crippen molar-refractivity contribution in [2.45, 2.75) is 32.2 Å². The highest BCUT2D eigenvalue weighted by molar-refractivity contribution is 7.18. The summed E-state index contributed by atoms with van der Waals surface area (Å²) >= 11 is 6.83. The van der Waals surface area contributed by atoms with Crippen LogP contribution in [0.1, 0.15) is 29.1 Å². The van der Waals surface area contributed by atoms with Crippen LogP contribution in [0.25, 0.3) is 0 Å². The average Bonchev–Trinajstić information content (AvgIpc) is 3.27. The van der Waals surface area contributed by atoms with Crippen molar-refractivity contribution in [3.63, 3.8) is 0 Å². The lowest BCUT2D eigenvalue weighted by molar-refractivity contribution is -0.137. The minimum Gasteiger partial charge on any atom is -0.447 e. The maximum atomic E-state index is 13.9. The Morgan fingerprint density at radius 3 is 2.55 bits per heavy atom. The fraction of sp³-hybridized carbons (Fsp3) is 0.391. The minimum atomic E-state index is -4.84. The normalized spacial score (nSPS) is 14.7. The SMILES string of the molecule is CC(C)OC(=O)N[C@@H](CNC(=O)c1ccc(Cl)s1)C(=O)Nc1ccc(N2CCOCC2=O)c(C(F)(F)F)c1. The van der Waals surface area contributed by atoms with Crippen molar-refractivity contribution in [2.24, 2.45) is 0 Å². The number of nitrogens with one attached hydrogen (secondary N) is 3. The molecular weight excluding hydrogens is 553 g/mol. The largest absolute Gasteiger partial charge is 0.447 e. The van der Waals surface area contributed by atoms with Gasteiger partial charge in [-0.1, -0.05) is 11.6 Å². The molecule has 1 aliphatic rings. The Balaban J connectivity index is 1.80. The minimum absolute atomic E-state index is 0.0628. The Morgan fingerprint density at radius 1 is 1.21 bits per heavy atom. The summed E-state index contributed by atoms with van der Waals surface area (Å²) in [7, 11) is 0. The van der Waals surface area contributed by atoms with Crippen molar-refractivity contribution >= 4 is 58.1 Å². The molecule has 1 atom stereocenters. The van der Waals surface area contributed by atoms with E-state index in [0.29, 0.717) is 10.4 Å². The van der Waals surface area contributed by atoms with Gasteiger partial charge in [-0.3, -0.25) is 14.4 Å². The number of carbonyl (C=O) groups excluding carboxylic acids is 4. The quantitative estimate of drug-likeness (QED) is 0.440. The number of benzene rings is 1. The van der Waals surface area contributed by atoms with Crippen molar-refractivity contribution in [3.8, 4) is 0 Å². The first-order valence-electron chi connectivity index (χ1n) is 11.3. The van der Waals surface area contributed by atoms with Crippen LogP contribution in [0.5, 0.6) is 0 Å². The number of halogens is 4. The van der Waals surface area contributed by atoms with Crippen molar-refractivity contribution < 1.29 is 41.8 Å². The monoisotopic (exact) mass is 576 g/mol. The summed E-state index contributed by atoms with van der Waals surface area (Å²) in [6, 6.07) is 4.52. The molecule has 1 aliphatic heterocycles. The number of anilines is 2. The molecule has 0 aliphatic carbocycles. The van der Waals surface area contributed by atoms with Gasteiger partial charge in [-0.2, -0.15) is 13.2 Å². The Bertz CT molecular complexity index is 1210. The molecule has 1 aromatic heterocycles. The molecule has 3 N–H and O–H groups in total. The Morgan fingerprint density at radius 2 is 1.95 bits per heavy atom. The predicted molar refractivity (Wildman–Crippen MR) is 133 cm³/mol. The Kier molecular flexibility index (Phi) is 9.57. The lowest BCUT2D eigenvalue weighted by Gasteiger charge is -2.29. The lowest BCUT2D eigenvalue weighted by Crippen LogP contribution is -2.51. The van der Waals surface area contributed by atoms with Gasteiger partial charge >= 0.3 is 12.3 Å². The number of thiophene rings is 1. The summed E-state index contributed by atoms with van der Waals surface area (Å²) in [4.78, 5) is 50.8. The van der Waals surface area contributed by atoms with Gasteiger partial charge in [0.15, 0.2) is 0 Å². The van der Waals surface area contributed by atoms with Gasteiger partial charge in [0.2, 0.25) is 5.91 Å². The number of alkyl halides is 3. The number of ether oxygens (including phenoxy) is 2. The maximum Gasteiger partial charge on any atom is 0.418 e. The number of alkyl carbamates (subject to hydrolysis) is 1. The van der Waals surface area contributed by atoms with Crippen molar-refractivity contribution in [1.82, 2.24) is 10.6 Å². The molecule has 1 aromatic carbocycles. The van der Waals surface area contributed by atoms with Crippen molar-refractivity contribution in [1.29, 1.82) is 0 Å². The average molecular weight is 577 g/mol. The molecule has 0 saturated carbocycles. The summed E-state index contributed by atoms with van der Waals surface area (Å²) < 4.78 is 51.9. The van der Waals surface area contributed by atoms with Gasteiger partial charge < -0.3 is 30.3 Å². The molecule has 2 heterocycles. The molecule has 4 amide bonds. The van der Waals surface area contributed by atoms with Crippen LogP contribution in [0.3, 0.4) is 0 Å². The molecule has 206 valence electrons. The molecule has 1 saturated heterocycles. The molecule has 1 fully saturated rings. The van der Waals surface area contributed by atoms with Gasteiger partial charge in [-0.15, -0.1) is 11.3 Å². The van der Waals surface area contributed by atoms with Gasteiger partial charge in [0.1, 0.15) is 12.6 Å². The molecule has 0 bridgehead atoms. The second-order valence-electron chi connectivity index (χ2n) is 8.28. The van der Waals surface area contributed by atoms with E-state index in [-0.39, 0.29) is 36.0 Å². The van der Waals surface area contributed by atoms with Crippen LogP contribution in [0.4, 0.5) is 29.3 Å². The topological polar surface area (TPSA) is 126 Å². The maximum absolute atomic E-state index is 13.9. The van der Waals surface area contributed by atoms with Gasteiger partial charge in [0.25, 0.3) is 11.8 Å². The standard InChI is InChI=1S/C23H24ClF3N4O6S/c1-12(2)37-22(35)30-15(10-28-21(34)17-5-6-18(24)38-17)20(33)29-13-3-4-16(14(9-13)23(25,26)27)31-7-8-36-11-19(31)32/h3-6,9,12,15H,7-8,10-11H2,1-2H3,(H,28,34)(H,29,33)(H,30,35)/t15-/m0/s1.